The number of benzene rings is 1. The van der Waals surface area contributed by atoms with Crippen LogP contribution in [0.5, 0.6) is 0 Å². The molecule has 0 spiro atoms. The van der Waals surface area contributed by atoms with Crippen molar-refractivity contribution in [1.29, 1.82) is 0 Å². The van der Waals surface area contributed by atoms with Gasteiger partial charge in [0.15, 0.2) is 0 Å². The predicted molar refractivity (Wildman–Crippen MR) is 75.5 cm³/mol. The Hall–Kier alpha value is -1.40. The maximum absolute atomic E-state index is 12.0. The van der Waals surface area contributed by atoms with Crippen molar-refractivity contribution in [3.63, 3.8) is 0 Å². The van der Waals surface area contributed by atoms with Crippen molar-refractivity contribution >= 4 is 15.7 Å². The van der Waals surface area contributed by atoms with Crippen molar-refractivity contribution in [2.45, 2.75) is 24.7 Å². The highest BCUT2D eigenvalue weighted by Gasteiger charge is 2.16. The summed E-state index contributed by atoms with van der Waals surface area (Å²) in [6, 6.07) is 8.29. The number of piperidine rings is 1. The van der Waals surface area contributed by atoms with Gasteiger partial charge in [-0.2, -0.15) is 13.5 Å². The minimum absolute atomic E-state index is 0.241. The van der Waals surface area contributed by atoms with E-state index in [9.17, 15) is 8.42 Å². The van der Waals surface area contributed by atoms with E-state index in [2.05, 4.69) is 21.8 Å². The van der Waals surface area contributed by atoms with Gasteiger partial charge in [0.2, 0.25) is 0 Å². The van der Waals surface area contributed by atoms with Crippen LogP contribution in [-0.4, -0.2) is 38.7 Å². The summed E-state index contributed by atoms with van der Waals surface area (Å²) in [5, 5.41) is 4.05. The Morgan fingerprint density at radius 2 is 1.84 bits per heavy atom. The Morgan fingerprint density at radius 1 is 1.21 bits per heavy atom. The van der Waals surface area contributed by atoms with Gasteiger partial charge < -0.3 is 4.90 Å². The van der Waals surface area contributed by atoms with Crippen molar-refractivity contribution in [2.75, 3.05) is 19.6 Å². The lowest BCUT2D eigenvalue weighted by molar-refractivity contribution is 0.289. The van der Waals surface area contributed by atoms with Crippen LogP contribution < -0.4 is 4.83 Å². The Kier molecular flexibility index (Phi) is 4.55. The van der Waals surface area contributed by atoms with E-state index in [0.717, 1.165) is 38.2 Å². The monoisotopic (exact) mass is 281 g/mol. The Bertz CT molecular complexity index is 530. The molecule has 2 rings (SSSR count). The van der Waals surface area contributed by atoms with Crippen LogP contribution in [0.2, 0.25) is 0 Å². The lowest BCUT2D eigenvalue weighted by Crippen LogP contribution is -2.34. The van der Waals surface area contributed by atoms with E-state index >= 15 is 0 Å². The van der Waals surface area contributed by atoms with Gasteiger partial charge in [0.1, 0.15) is 0 Å². The van der Waals surface area contributed by atoms with Gasteiger partial charge in [-0.25, -0.2) is 4.83 Å². The number of sulfonamides is 1. The number of hydrazone groups is 1. The number of nitrogens with zero attached hydrogens (tertiary/aromatic N) is 2. The zero-order valence-corrected chi connectivity index (χ0v) is 11.9. The highest BCUT2D eigenvalue weighted by atomic mass is 32.2. The summed E-state index contributed by atoms with van der Waals surface area (Å²) in [4.78, 5) is 4.88. The molecule has 0 unspecified atom stereocenters. The van der Waals surface area contributed by atoms with E-state index in [0.29, 0.717) is 0 Å². The molecular weight excluding hydrogens is 262 g/mol. The fourth-order valence-electron chi connectivity index (χ4n) is 2.02. The quantitative estimate of drug-likeness (QED) is 0.849. The SMILES string of the molecule is CCN1CCC(=NNS(=O)(=O)c2ccccc2)CC1. The molecule has 0 bridgehead atoms. The van der Waals surface area contributed by atoms with E-state index in [1.165, 1.54) is 0 Å². The van der Waals surface area contributed by atoms with Crippen molar-refractivity contribution in [3.05, 3.63) is 30.3 Å². The van der Waals surface area contributed by atoms with Crippen LogP contribution in [-0.2, 0) is 10.0 Å². The molecule has 1 heterocycles. The van der Waals surface area contributed by atoms with Gasteiger partial charge in [-0.3, -0.25) is 0 Å². The molecule has 1 saturated heterocycles. The minimum Gasteiger partial charge on any atom is -0.303 e. The molecule has 19 heavy (non-hydrogen) atoms. The van der Waals surface area contributed by atoms with Gasteiger partial charge in [-0.05, 0) is 18.7 Å². The van der Waals surface area contributed by atoms with E-state index in [1.807, 2.05) is 0 Å². The number of likely N-dealkylation sites (tertiary alicyclic amines) is 1. The fourth-order valence-corrected chi connectivity index (χ4v) is 2.89. The first-order chi connectivity index (χ1) is 9.12. The van der Waals surface area contributed by atoms with E-state index < -0.39 is 10.0 Å². The fraction of sp³-hybridized carbons (Fsp3) is 0.462. The summed E-state index contributed by atoms with van der Waals surface area (Å²) in [5.74, 6) is 0. The van der Waals surface area contributed by atoms with E-state index in [1.54, 1.807) is 30.3 Å². The number of rotatable bonds is 4. The van der Waals surface area contributed by atoms with Crippen LogP contribution in [0.1, 0.15) is 19.8 Å². The Labute approximate surface area is 114 Å². The van der Waals surface area contributed by atoms with Crippen LogP contribution >= 0.6 is 0 Å². The molecule has 5 nitrogen and oxygen atoms in total. The molecule has 1 aliphatic heterocycles. The topological polar surface area (TPSA) is 61.8 Å². The highest BCUT2D eigenvalue weighted by molar-refractivity contribution is 7.89. The van der Waals surface area contributed by atoms with E-state index in [-0.39, 0.29) is 4.90 Å². The van der Waals surface area contributed by atoms with Gasteiger partial charge >= 0.3 is 0 Å². The third kappa shape index (κ3) is 3.78. The van der Waals surface area contributed by atoms with E-state index in [4.69, 9.17) is 0 Å². The largest absolute Gasteiger partial charge is 0.303 e. The molecule has 6 heteroatoms. The molecule has 104 valence electrons. The molecule has 0 radical (unpaired) electrons. The standard InChI is InChI=1S/C13H19N3O2S/c1-2-16-10-8-12(9-11-16)14-15-19(17,18)13-6-4-3-5-7-13/h3-7,15H,2,8-11H2,1H3. The van der Waals surface area contributed by atoms with Gasteiger partial charge in [0.25, 0.3) is 10.0 Å². The summed E-state index contributed by atoms with van der Waals surface area (Å²) in [5.41, 5.74) is 0.921. The molecule has 0 saturated carbocycles. The second-order valence-corrected chi connectivity index (χ2v) is 6.18. The minimum atomic E-state index is -3.53. The zero-order valence-electron chi connectivity index (χ0n) is 11.0. The first-order valence-corrected chi connectivity index (χ1v) is 7.95. The molecule has 1 fully saturated rings. The summed E-state index contributed by atoms with van der Waals surface area (Å²) < 4.78 is 23.9. The lowest BCUT2D eigenvalue weighted by Gasteiger charge is -2.25. The number of nitrogens with one attached hydrogen (secondary N) is 1. The van der Waals surface area contributed by atoms with Gasteiger partial charge in [-0.15, -0.1) is 0 Å². The molecular formula is C13H19N3O2S. The lowest BCUT2D eigenvalue weighted by atomic mass is 10.1. The zero-order chi connectivity index (χ0) is 13.7. The molecule has 1 N–H and O–H groups in total. The highest BCUT2D eigenvalue weighted by Crippen LogP contribution is 2.09. The van der Waals surface area contributed by atoms with Crippen LogP contribution in [0, 0.1) is 0 Å². The average Bonchev–Trinajstić information content (AvgIpc) is 2.47. The molecule has 1 aromatic rings. The van der Waals surface area contributed by atoms with Crippen molar-refractivity contribution < 1.29 is 8.42 Å². The maximum Gasteiger partial charge on any atom is 0.276 e. The Balaban J connectivity index is 1.99. The molecule has 0 aliphatic carbocycles. The number of hydrogen-bond acceptors (Lipinski definition) is 4. The first-order valence-electron chi connectivity index (χ1n) is 6.46. The van der Waals surface area contributed by atoms with Gasteiger partial charge in [-0.1, -0.05) is 25.1 Å². The Morgan fingerprint density at radius 3 is 2.42 bits per heavy atom. The second kappa shape index (κ2) is 6.16. The normalized spacial score (nSPS) is 17.2. The van der Waals surface area contributed by atoms with Crippen molar-refractivity contribution in [1.82, 2.24) is 9.73 Å². The molecule has 1 aromatic carbocycles. The van der Waals surface area contributed by atoms with Crippen molar-refractivity contribution in [2.24, 2.45) is 5.10 Å². The smallest absolute Gasteiger partial charge is 0.276 e. The van der Waals surface area contributed by atoms with Crippen LogP contribution in [0.25, 0.3) is 0 Å². The predicted octanol–water partition coefficient (Wildman–Crippen LogP) is 1.44. The van der Waals surface area contributed by atoms with Gasteiger partial charge in [0, 0.05) is 31.6 Å². The summed E-state index contributed by atoms with van der Waals surface area (Å²) in [7, 11) is -3.53. The summed E-state index contributed by atoms with van der Waals surface area (Å²) >= 11 is 0. The van der Waals surface area contributed by atoms with Crippen LogP contribution in [0.15, 0.2) is 40.3 Å². The molecule has 1 aliphatic rings. The second-order valence-electron chi connectivity index (χ2n) is 4.52. The molecule has 0 aromatic heterocycles. The molecule has 0 atom stereocenters. The average molecular weight is 281 g/mol. The number of hydrogen-bond donors (Lipinski definition) is 1. The maximum atomic E-state index is 12.0. The first kappa shape index (κ1) is 14.0. The van der Waals surface area contributed by atoms with Gasteiger partial charge in [0.05, 0.1) is 4.90 Å². The third-order valence-corrected chi connectivity index (χ3v) is 4.48. The van der Waals surface area contributed by atoms with Crippen LogP contribution in [0.4, 0.5) is 0 Å². The summed E-state index contributed by atoms with van der Waals surface area (Å²) in [6.07, 6.45) is 1.65. The molecule has 0 amide bonds. The van der Waals surface area contributed by atoms with Crippen molar-refractivity contribution in [3.8, 4) is 0 Å². The summed E-state index contributed by atoms with van der Waals surface area (Å²) in [6.45, 7) is 5.05. The van der Waals surface area contributed by atoms with Crippen LogP contribution in [0.3, 0.4) is 0 Å². The third-order valence-electron chi connectivity index (χ3n) is 3.26.